The van der Waals surface area contributed by atoms with Crippen LogP contribution in [0, 0.1) is 5.82 Å². The van der Waals surface area contributed by atoms with Crippen molar-refractivity contribution in [3.63, 3.8) is 0 Å². The van der Waals surface area contributed by atoms with Crippen LogP contribution in [0.1, 0.15) is 25.3 Å². The Morgan fingerprint density at radius 1 is 1.00 bits per heavy atom. The fourth-order valence-electron chi connectivity index (χ4n) is 3.47. The largest absolute Gasteiger partial charge is 0.480 e. The van der Waals surface area contributed by atoms with Crippen LogP contribution in [-0.2, 0) is 20.7 Å². The highest BCUT2D eigenvalue weighted by Gasteiger charge is 2.36. The van der Waals surface area contributed by atoms with Crippen molar-refractivity contribution < 1.29 is 23.8 Å². The molecule has 0 aliphatic carbocycles. The third-order valence-electron chi connectivity index (χ3n) is 5.23. The summed E-state index contributed by atoms with van der Waals surface area (Å²) in [6.07, 6.45) is 0.709. The number of aliphatic carboxylic acids is 1. The predicted molar refractivity (Wildman–Crippen MR) is 141 cm³/mol. The molecule has 3 aromatic rings. The molecule has 1 amide bonds. The topological polar surface area (TPSA) is 66.8 Å². The van der Waals surface area contributed by atoms with E-state index in [4.69, 9.17) is 27.9 Å². The first kappa shape index (κ1) is 29.3. The summed E-state index contributed by atoms with van der Waals surface area (Å²) < 4.78 is 18.4. The fourth-order valence-corrected chi connectivity index (χ4v) is 3.76. The maximum absolute atomic E-state index is 12.9. The molecule has 3 aromatic carbocycles. The number of carbonyl (C=O) groups is 2. The molecule has 1 aliphatic heterocycles. The summed E-state index contributed by atoms with van der Waals surface area (Å²) in [4.78, 5) is 25.2. The molecule has 1 heterocycles. The molecule has 1 aliphatic rings. The average molecular weight is 534 g/mol. The Bertz CT molecular complexity index is 1010. The van der Waals surface area contributed by atoms with Gasteiger partial charge in [0.2, 0.25) is 0 Å². The minimum absolute atomic E-state index is 0.287. The molecule has 192 valence electrons. The number of rotatable bonds is 6. The SMILES string of the molecule is CCCC(C(=O)O)N1CCOC(Cc2ccc(F)cc2)C1=O.Clc1ccccc1.Clc1ccccc1. The Hall–Kier alpha value is -2.93. The molecular formula is C28H30Cl2FNO4. The van der Waals surface area contributed by atoms with Gasteiger partial charge in [0, 0.05) is 23.0 Å². The van der Waals surface area contributed by atoms with Crippen LogP contribution in [0.2, 0.25) is 10.0 Å². The zero-order valence-electron chi connectivity index (χ0n) is 20.0. The minimum Gasteiger partial charge on any atom is -0.480 e. The van der Waals surface area contributed by atoms with E-state index in [0.717, 1.165) is 15.6 Å². The van der Waals surface area contributed by atoms with E-state index >= 15 is 0 Å². The molecule has 0 radical (unpaired) electrons. The molecule has 0 saturated carbocycles. The lowest BCUT2D eigenvalue weighted by molar-refractivity contribution is -0.164. The van der Waals surface area contributed by atoms with Crippen LogP contribution in [-0.4, -0.2) is 47.2 Å². The lowest BCUT2D eigenvalue weighted by Crippen LogP contribution is -2.55. The van der Waals surface area contributed by atoms with Crippen molar-refractivity contribution in [3.8, 4) is 0 Å². The normalized spacial score (nSPS) is 15.6. The predicted octanol–water partition coefficient (Wildman–Crippen LogP) is 6.53. The molecule has 2 atom stereocenters. The number of hydrogen-bond donors (Lipinski definition) is 1. The van der Waals surface area contributed by atoms with Gasteiger partial charge in [-0.1, -0.05) is 85.1 Å². The Labute approximate surface area is 221 Å². The average Bonchev–Trinajstić information content (AvgIpc) is 2.87. The second-order valence-electron chi connectivity index (χ2n) is 7.96. The third kappa shape index (κ3) is 10.4. The van der Waals surface area contributed by atoms with Crippen LogP contribution in [0.15, 0.2) is 84.9 Å². The van der Waals surface area contributed by atoms with E-state index in [2.05, 4.69) is 0 Å². The number of carboxylic acids is 1. The lowest BCUT2D eigenvalue weighted by atomic mass is 10.0. The molecule has 5 nitrogen and oxygen atoms in total. The maximum atomic E-state index is 12.9. The second-order valence-corrected chi connectivity index (χ2v) is 8.83. The number of hydrogen-bond acceptors (Lipinski definition) is 3. The van der Waals surface area contributed by atoms with E-state index in [1.807, 2.05) is 67.6 Å². The van der Waals surface area contributed by atoms with E-state index in [1.54, 1.807) is 12.1 Å². The summed E-state index contributed by atoms with van der Waals surface area (Å²) in [6, 6.07) is 23.9. The molecule has 0 bridgehead atoms. The number of carbonyl (C=O) groups excluding carboxylic acids is 1. The van der Waals surface area contributed by atoms with Gasteiger partial charge in [-0.25, -0.2) is 9.18 Å². The summed E-state index contributed by atoms with van der Waals surface area (Å²) in [7, 11) is 0. The molecule has 2 unspecified atom stereocenters. The first-order valence-electron chi connectivity index (χ1n) is 11.6. The zero-order valence-corrected chi connectivity index (χ0v) is 21.5. The zero-order chi connectivity index (χ0) is 26.3. The highest BCUT2D eigenvalue weighted by molar-refractivity contribution is 6.30. The van der Waals surface area contributed by atoms with E-state index in [0.29, 0.717) is 25.9 Å². The van der Waals surface area contributed by atoms with Gasteiger partial charge in [0.15, 0.2) is 0 Å². The van der Waals surface area contributed by atoms with Gasteiger partial charge in [-0.05, 0) is 48.4 Å². The lowest BCUT2D eigenvalue weighted by Gasteiger charge is -2.36. The summed E-state index contributed by atoms with van der Waals surface area (Å²) in [5.74, 6) is -1.63. The number of morpholine rings is 1. The van der Waals surface area contributed by atoms with Gasteiger partial charge in [-0.15, -0.1) is 0 Å². The quantitative estimate of drug-likeness (QED) is 0.391. The number of nitrogens with zero attached hydrogens (tertiary/aromatic N) is 1. The Morgan fingerprint density at radius 3 is 1.94 bits per heavy atom. The van der Waals surface area contributed by atoms with Crippen molar-refractivity contribution >= 4 is 35.1 Å². The molecule has 4 rings (SSSR count). The second kappa shape index (κ2) is 15.9. The third-order valence-corrected chi connectivity index (χ3v) is 5.74. The number of halogens is 3. The van der Waals surface area contributed by atoms with Gasteiger partial charge in [-0.2, -0.15) is 0 Å². The summed E-state index contributed by atoms with van der Waals surface area (Å²) >= 11 is 11.1. The summed E-state index contributed by atoms with van der Waals surface area (Å²) in [6.45, 7) is 2.48. The smallest absolute Gasteiger partial charge is 0.326 e. The number of carboxylic acid groups (broad SMARTS) is 1. The highest BCUT2D eigenvalue weighted by Crippen LogP contribution is 2.18. The van der Waals surface area contributed by atoms with Crippen LogP contribution in [0.4, 0.5) is 4.39 Å². The van der Waals surface area contributed by atoms with Gasteiger partial charge in [-0.3, -0.25) is 4.79 Å². The molecular weight excluding hydrogens is 504 g/mol. The highest BCUT2D eigenvalue weighted by atomic mass is 35.5. The van der Waals surface area contributed by atoms with Crippen LogP contribution in [0.25, 0.3) is 0 Å². The van der Waals surface area contributed by atoms with Gasteiger partial charge < -0.3 is 14.7 Å². The molecule has 8 heteroatoms. The summed E-state index contributed by atoms with van der Waals surface area (Å²) in [5.41, 5.74) is 0.781. The van der Waals surface area contributed by atoms with Crippen LogP contribution >= 0.6 is 23.2 Å². The monoisotopic (exact) mass is 533 g/mol. The van der Waals surface area contributed by atoms with Gasteiger partial charge in [0.25, 0.3) is 5.91 Å². The number of ether oxygens (including phenoxy) is 1. The first-order chi connectivity index (χ1) is 17.3. The van der Waals surface area contributed by atoms with Crippen molar-refractivity contribution in [1.82, 2.24) is 4.90 Å². The Balaban J connectivity index is 0.000000262. The van der Waals surface area contributed by atoms with Crippen molar-refractivity contribution in [2.24, 2.45) is 0 Å². The molecule has 0 spiro atoms. The van der Waals surface area contributed by atoms with Crippen molar-refractivity contribution in [2.45, 2.75) is 38.3 Å². The standard InChI is InChI=1S/C16H20FNO4.2C6H5Cl/c1-2-3-13(16(20)21)18-8-9-22-14(15(18)19)10-11-4-6-12(17)7-5-11;2*7-6-4-2-1-3-5-6/h4-7,13-14H,2-3,8-10H2,1H3,(H,20,21);2*1-5H. The Kier molecular flexibility index (Phi) is 13.0. The van der Waals surface area contributed by atoms with Gasteiger partial charge in [0.1, 0.15) is 18.0 Å². The van der Waals surface area contributed by atoms with Gasteiger partial charge >= 0.3 is 5.97 Å². The molecule has 0 aromatic heterocycles. The van der Waals surface area contributed by atoms with Crippen LogP contribution < -0.4 is 0 Å². The first-order valence-corrected chi connectivity index (χ1v) is 12.4. The van der Waals surface area contributed by atoms with Crippen molar-refractivity contribution in [1.29, 1.82) is 0 Å². The van der Waals surface area contributed by atoms with E-state index < -0.39 is 18.1 Å². The molecule has 1 saturated heterocycles. The van der Waals surface area contributed by atoms with E-state index in [1.165, 1.54) is 17.0 Å². The van der Waals surface area contributed by atoms with Crippen molar-refractivity contribution in [3.05, 3.63) is 106 Å². The number of benzene rings is 3. The fraction of sp³-hybridized carbons (Fsp3) is 0.286. The van der Waals surface area contributed by atoms with Crippen LogP contribution in [0.5, 0.6) is 0 Å². The molecule has 1 N–H and O–H groups in total. The van der Waals surface area contributed by atoms with E-state index in [-0.39, 0.29) is 18.3 Å². The minimum atomic E-state index is -0.988. The van der Waals surface area contributed by atoms with E-state index in [9.17, 15) is 19.1 Å². The maximum Gasteiger partial charge on any atom is 0.326 e. The van der Waals surface area contributed by atoms with Crippen molar-refractivity contribution in [2.75, 3.05) is 13.2 Å². The number of amides is 1. The van der Waals surface area contributed by atoms with Crippen LogP contribution in [0.3, 0.4) is 0 Å². The molecule has 36 heavy (non-hydrogen) atoms. The molecule has 1 fully saturated rings. The Morgan fingerprint density at radius 2 is 1.53 bits per heavy atom. The summed E-state index contributed by atoms with van der Waals surface area (Å²) in [5, 5.41) is 10.9. The van der Waals surface area contributed by atoms with Gasteiger partial charge in [0.05, 0.1) is 6.61 Å².